The third-order valence-corrected chi connectivity index (χ3v) is 2.44. The molecular formula is C11H25NS. The smallest absolute Gasteiger partial charge is 0.00111 e. The predicted octanol–water partition coefficient (Wildman–Crippen LogP) is 3.25. The predicted molar refractivity (Wildman–Crippen MR) is 64.7 cm³/mol. The minimum Gasteiger partial charge on any atom is -0.317 e. The Balaban J connectivity index is 2.84. The van der Waals surface area contributed by atoms with E-state index in [4.69, 9.17) is 0 Å². The fraction of sp³-hybridized carbons (Fsp3) is 1.00. The molecule has 0 spiro atoms. The summed E-state index contributed by atoms with van der Waals surface area (Å²) in [6.45, 7) is 6.77. The molecule has 0 aliphatic carbocycles. The van der Waals surface area contributed by atoms with E-state index in [1.54, 1.807) is 0 Å². The Kier molecular flexibility index (Phi) is 10.6. The molecule has 0 aliphatic heterocycles. The third kappa shape index (κ3) is 12.3. The first-order valence-corrected chi connectivity index (χ1v) is 6.17. The van der Waals surface area contributed by atoms with E-state index in [1.807, 2.05) is 0 Å². The van der Waals surface area contributed by atoms with Crippen molar-refractivity contribution in [3.05, 3.63) is 0 Å². The van der Waals surface area contributed by atoms with Gasteiger partial charge in [-0.25, -0.2) is 0 Å². The molecule has 0 aromatic heterocycles. The van der Waals surface area contributed by atoms with Crippen LogP contribution in [0.2, 0.25) is 0 Å². The van der Waals surface area contributed by atoms with Gasteiger partial charge in [-0.1, -0.05) is 33.1 Å². The second-order valence-electron chi connectivity index (χ2n) is 3.80. The van der Waals surface area contributed by atoms with Crippen LogP contribution < -0.4 is 5.32 Å². The highest BCUT2D eigenvalue weighted by Gasteiger charge is 1.93. The zero-order chi connectivity index (χ0) is 9.94. The number of rotatable bonds is 9. The quantitative estimate of drug-likeness (QED) is 0.433. The summed E-state index contributed by atoms with van der Waals surface area (Å²) in [5, 5.41) is 4.02. The van der Waals surface area contributed by atoms with Crippen molar-refractivity contribution in [1.29, 1.82) is 0 Å². The molecule has 0 aromatic rings. The Morgan fingerprint density at radius 2 is 1.77 bits per heavy atom. The molecule has 1 unspecified atom stereocenters. The molecule has 1 nitrogen and oxygen atoms in total. The summed E-state index contributed by atoms with van der Waals surface area (Å²) in [6, 6.07) is 0. The molecular weight excluding hydrogens is 178 g/mol. The molecule has 0 bridgehead atoms. The zero-order valence-electron chi connectivity index (χ0n) is 9.18. The highest BCUT2D eigenvalue weighted by Crippen LogP contribution is 2.01. The summed E-state index contributed by atoms with van der Waals surface area (Å²) in [5.74, 6) is 0. The van der Waals surface area contributed by atoms with Gasteiger partial charge in [0.2, 0.25) is 0 Å². The van der Waals surface area contributed by atoms with Gasteiger partial charge in [0, 0.05) is 0 Å². The molecule has 0 saturated heterocycles. The molecule has 13 heavy (non-hydrogen) atoms. The van der Waals surface area contributed by atoms with Gasteiger partial charge < -0.3 is 5.32 Å². The molecule has 0 radical (unpaired) electrons. The Hall–Kier alpha value is 0.310. The number of thiol groups is 1. The highest BCUT2D eigenvalue weighted by atomic mass is 32.1. The summed E-state index contributed by atoms with van der Waals surface area (Å²) in [6.07, 6.45) is 7.92. The van der Waals surface area contributed by atoms with E-state index < -0.39 is 0 Å². The van der Waals surface area contributed by atoms with Crippen LogP contribution in [0.4, 0.5) is 0 Å². The van der Waals surface area contributed by atoms with Crippen molar-refractivity contribution in [3.63, 3.8) is 0 Å². The lowest BCUT2D eigenvalue weighted by molar-refractivity contribution is 0.575. The lowest BCUT2D eigenvalue weighted by Gasteiger charge is -2.05. The van der Waals surface area contributed by atoms with E-state index >= 15 is 0 Å². The maximum atomic E-state index is 4.34. The van der Waals surface area contributed by atoms with Crippen molar-refractivity contribution in [3.8, 4) is 0 Å². The van der Waals surface area contributed by atoms with Crippen molar-refractivity contribution < 1.29 is 0 Å². The third-order valence-electron chi connectivity index (χ3n) is 2.18. The molecule has 0 fully saturated rings. The monoisotopic (exact) mass is 203 g/mol. The van der Waals surface area contributed by atoms with Crippen LogP contribution in [0.25, 0.3) is 0 Å². The van der Waals surface area contributed by atoms with E-state index in [1.165, 1.54) is 45.1 Å². The maximum Gasteiger partial charge on any atom is -0.00111 e. The minimum absolute atomic E-state index is 0.557. The largest absolute Gasteiger partial charge is 0.317 e. The highest BCUT2D eigenvalue weighted by molar-refractivity contribution is 7.80. The van der Waals surface area contributed by atoms with Gasteiger partial charge in [-0.3, -0.25) is 0 Å². The fourth-order valence-electron chi connectivity index (χ4n) is 1.32. The van der Waals surface area contributed by atoms with Crippen LogP contribution in [-0.2, 0) is 0 Å². The summed E-state index contributed by atoms with van der Waals surface area (Å²) in [7, 11) is 0. The van der Waals surface area contributed by atoms with Crippen LogP contribution in [0.15, 0.2) is 0 Å². The van der Waals surface area contributed by atoms with Crippen LogP contribution in [0.1, 0.15) is 52.4 Å². The van der Waals surface area contributed by atoms with Crippen molar-refractivity contribution in [2.24, 2.45) is 0 Å². The Morgan fingerprint density at radius 1 is 1.08 bits per heavy atom. The zero-order valence-corrected chi connectivity index (χ0v) is 10.1. The lowest BCUT2D eigenvalue weighted by atomic mass is 10.2. The van der Waals surface area contributed by atoms with Gasteiger partial charge in [0.05, 0.1) is 0 Å². The average Bonchev–Trinajstić information content (AvgIpc) is 2.09. The van der Waals surface area contributed by atoms with Gasteiger partial charge in [-0.2, -0.15) is 12.6 Å². The van der Waals surface area contributed by atoms with E-state index in [0.717, 1.165) is 6.54 Å². The molecule has 0 amide bonds. The number of hydrogen-bond donors (Lipinski definition) is 2. The van der Waals surface area contributed by atoms with Crippen LogP contribution in [0.3, 0.4) is 0 Å². The molecule has 80 valence electrons. The normalized spacial score (nSPS) is 13.2. The van der Waals surface area contributed by atoms with Gasteiger partial charge >= 0.3 is 0 Å². The first-order valence-electron chi connectivity index (χ1n) is 5.66. The van der Waals surface area contributed by atoms with Gasteiger partial charge in [0.1, 0.15) is 0 Å². The number of nitrogens with one attached hydrogen (secondary N) is 1. The Labute approximate surface area is 89.1 Å². The lowest BCUT2D eigenvalue weighted by Crippen LogP contribution is -2.17. The number of hydrogen-bond acceptors (Lipinski definition) is 2. The molecule has 0 saturated carbocycles. The average molecular weight is 203 g/mol. The second-order valence-corrected chi connectivity index (χ2v) is 4.68. The van der Waals surface area contributed by atoms with Crippen molar-refractivity contribution in [1.82, 2.24) is 5.32 Å². The summed E-state index contributed by atoms with van der Waals surface area (Å²) in [5.41, 5.74) is 0. The first-order chi connectivity index (χ1) is 6.27. The SMILES string of the molecule is CCCCCCNCCCC(C)S. The van der Waals surface area contributed by atoms with E-state index in [0.29, 0.717) is 5.25 Å². The molecule has 0 aliphatic rings. The van der Waals surface area contributed by atoms with Crippen molar-refractivity contribution >= 4 is 12.6 Å². The molecule has 0 aromatic carbocycles. The fourth-order valence-corrected chi connectivity index (χ4v) is 1.51. The molecule has 1 N–H and O–H groups in total. The van der Waals surface area contributed by atoms with E-state index in [-0.39, 0.29) is 0 Å². The minimum atomic E-state index is 0.557. The van der Waals surface area contributed by atoms with Gasteiger partial charge in [0.15, 0.2) is 0 Å². The van der Waals surface area contributed by atoms with Crippen LogP contribution in [0.5, 0.6) is 0 Å². The summed E-state index contributed by atoms with van der Waals surface area (Å²) in [4.78, 5) is 0. The Bertz CT molecular complexity index is 94.1. The molecule has 0 heterocycles. The van der Waals surface area contributed by atoms with Crippen molar-refractivity contribution in [2.45, 2.75) is 57.6 Å². The van der Waals surface area contributed by atoms with Crippen LogP contribution >= 0.6 is 12.6 Å². The molecule has 1 atom stereocenters. The second kappa shape index (κ2) is 10.4. The van der Waals surface area contributed by atoms with Crippen LogP contribution in [0, 0.1) is 0 Å². The maximum absolute atomic E-state index is 4.34. The molecule has 2 heteroatoms. The van der Waals surface area contributed by atoms with E-state index in [2.05, 4.69) is 31.8 Å². The first kappa shape index (κ1) is 13.3. The van der Waals surface area contributed by atoms with Crippen LogP contribution in [-0.4, -0.2) is 18.3 Å². The van der Waals surface area contributed by atoms with Crippen molar-refractivity contribution in [2.75, 3.05) is 13.1 Å². The summed E-state index contributed by atoms with van der Waals surface area (Å²) >= 11 is 4.34. The van der Waals surface area contributed by atoms with Gasteiger partial charge in [-0.05, 0) is 37.6 Å². The van der Waals surface area contributed by atoms with Gasteiger partial charge in [0.25, 0.3) is 0 Å². The summed E-state index contributed by atoms with van der Waals surface area (Å²) < 4.78 is 0. The number of unbranched alkanes of at least 4 members (excludes halogenated alkanes) is 3. The molecule has 0 rings (SSSR count). The standard InChI is InChI=1S/C11H25NS/c1-3-4-5-6-9-12-10-7-8-11(2)13/h11-13H,3-10H2,1-2H3. The topological polar surface area (TPSA) is 12.0 Å². The van der Waals surface area contributed by atoms with Gasteiger partial charge in [-0.15, -0.1) is 0 Å². The van der Waals surface area contributed by atoms with E-state index in [9.17, 15) is 0 Å². The Morgan fingerprint density at radius 3 is 2.38 bits per heavy atom.